The highest BCUT2D eigenvalue weighted by molar-refractivity contribution is 5.58. The Morgan fingerprint density at radius 2 is 1.71 bits per heavy atom. The second kappa shape index (κ2) is 7.08. The quantitative estimate of drug-likeness (QED) is 0.739. The van der Waals surface area contributed by atoms with Gasteiger partial charge in [0, 0.05) is 12.2 Å². The maximum Gasteiger partial charge on any atom is 0.244 e. The minimum absolute atomic E-state index is 0.507. The van der Waals surface area contributed by atoms with Crippen molar-refractivity contribution in [3.05, 3.63) is 70.9 Å². The van der Waals surface area contributed by atoms with Gasteiger partial charge in [-0.15, -0.1) is 5.10 Å². The summed E-state index contributed by atoms with van der Waals surface area (Å²) < 4.78 is 0. The van der Waals surface area contributed by atoms with Crippen molar-refractivity contribution in [2.45, 2.75) is 27.3 Å². The van der Waals surface area contributed by atoms with Crippen LogP contribution in [0, 0.1) is 20.8 Å². The van der Waals surface area contributed by atoms with Crippen LogP contribution in [0.5, 0.6) is 0 Å². The molecule has 0 saturated carbocycles. The molecule has 2 aromatic carbocycles. The van der Waals surface area contributed by atoms with Crippen LogP contribution in [-0.2, 0) is 6.54 Å². The number of benzene rings is 2. The van der Waals surface area contributed by atoms with Gasteiger partial charge in [-0.3, -0.25) is 0 Å². The summed E-state index contributed by atoms with van der Waals surface area (Å²) in [6, 6.07) is 14.5. The number of nitrogens with one attached hydrogen (secondary N) is 2. The third-order valence-corrected chi connectivity index (χ3v) is 3.75. The van der Waals surface area contributed by atoms with E-state index in [0.29, 0.717) is 18.3 Å². The average molecular weight is 319 g/mol. The number of rotatable bonds is 5. The van der Waals surface area contributed by atoms with Crippen molar-refractivity contribution in [2.75, 3.05) is 10.6 Å². The molecule has 122 valence electrons. The molecule has 3 rings (SSSR count). The second-order valence-corrected chi connectivity index (χ2v) is 5.95. The molecule has 0 unspecified atom stereocenters. The summed E-state index contributed by atoms with van der Waals surface area (Å²) in [7, 11) is 0. The van der Waals surface area contributed by atoms with Crippen LogP contribution >= 0.6 is 0 Å². The molecule has 3 aromatic rings. The molecule has 0 fully saturated rings. The van der Waals surface area contributed by atoms with Gasteiger partial charge in [0.2, 0.25) is 5.95 Å². The fraction of sp³-hybridized carbons (Fsp3) is 0.211. The molecule has 5 nitrogen and oxygen atoms in total. The largest absolute Gasteiger partial charge is 0.349 e. The summed E-state index contributed by atoms with van der Waals surface area (Å²) in [5, 5.41) is 14.6. The maximum absolute atomic E-state index is 4.48. The van der Waals surface area contributed by atoms with E-state index in [2.05, 4.69) is 76.9 Å². The lowest BCUT2D eigenvalue weighted by atomic mass is 10.1. The first-order chi connectivity index (χ1) is 11.6. The summed E-state index contributed by atoms with van der Waals surface area (Å²) in [6.07, 6.45) is 1.62. The molecule has 2 N–H and O–H groups in total. The summed E-state index contributed by atoms with van der Waals surface area (Å²) in [5.41, 5.74) is 5.86. The van der Waals surface area contributed by atoms with E-state index in [4.69, 9.17) is 0 Å². The molecule has 24 heavy (non-hydrogen) atoms. The molecule has 1 aromatic heterocycles. The van der Waals surface area contributed by atoms with Gasteiger partial charge in [-0.25, -0.2) is 0 Å². The highest BCUT2D eigenvalue weighted by atomic mass is 15.3. The third-order valence-electron chi connectivity index (χ3n) is 3.75. The SMILES string of the molecule is Cc1cc(C)cc(Nc2cnnc(NCc3ccccc3C)n2)c1. The van der Waals surface area contributed by atoms with Crippen LogP contribution in [0.2, 0.25) is 0 Å². The minimum atomic E-state index is 0.507. The normalized spacial score (nSPS) is 10.5. The number of anilines is 3. The van der Waals surface area contributed by atoms with E-state index < -0.39 is 0 Å². The van der Waals surface area contributed by atoms with Crippen molar-refractivity contribution < 1.29 is 0 Å². The lowest BCUT2D eigenvalue weighted by Crippen LogP contribution is -2.07. The van der Waals surface area contributed by atoms with Crippen molar-refractivity contribution in [2.24, 2.45) is 0 Å². The minimum Gasteiger partial charge on any atom is -0.349 e. The zero-order valence-electron chi connectivity index (χ0n) is 14.2. The zero-order valence-corrected chi connectivity index (χ0v) is 14.2. The van der Waals surface area contributed by atoms with E-state index in [-0.39, 0.29) is 0 Å². The summed E-state index contributed by atoms with van der Waals surface area (Å²) in [4.78, 5) is 4.48. The summed E-state index contributed by atoms with van der Waals surface area (Å²) in [6.45, 7) is 6.91. The molecule has 5 heteroatoms. The fourth-order valence-electron chi connectivity index (χ4n) is 2.62. The van der Waals surface area contributed by atoms with Crippen LogP contribution in [0.3, 0.4) is 0 Å². The van der Waals surface area contributed by atoms with Gasteiger partial charge < -0.3 is 10.6 Å². The Morgan fingerprint density at radius 3 is 2.46 bits per heavy atom. The third kappa shape index (κ3) is 4.07. The van der Waals surface area contributed by atoms with Crippen LogP contribution in [0.15, 0.2) is 48.7 Å². The smallest absolute Gasteiger partial charge is 0.244 e. The van der Waals surface area contributed by atoms with E-state index in [1.54, 1.807) is 6.20 Å². The Kier molecular flexibility index (Phi) is 4.70. The molecule has 0 bridgehead atoms. The predicted molar refractivity (Wildman–Crippen MR) is 97.5 cm³/mol. The van der Waals surface area contributed by atoms with Gasteiger partial charge in [0.05, 0.1) is 6.20 Å². The first-order valence-corrected chi connectivity index (χ1v) is 7.93. The lowest BCUT2D eigenvalue weighted by Gasteiger charge is -2.10. The topological polar surface area (TPSA) is 62.7 Å². The molecule has 0 spiro atoms. The Bertz CT molecular complexity index is 824. The number of aryl methyl sites for hydroxylation is 3. The van der Waals surface area contributed by atoms with Crippen LogP contribution in [0.4, 0.5) is 17.5 Å². The second-order valence-electron chi connectivity index (χ2n) is 5.95. The molecule has 0 aliphatic carbocycles. The van der Waals surface area contributed by atoms with Crippen molar-refractivity contribution >= 4 is 17.5 Å². The molecule has 0 saturated heterocycles. The van der Waals surface area contributed by atoms with Crippen LogP contribution in [-0.4, -0.2) is 15.2 Å². The maximum atomic E-state index is 4.48. The molecule has 0 aliphatic heterocycles. The Labute approximate surface area is 142 Å². The first-order valence-electron chi connectivity index (χ1n) is 7.93. The van der Waals surface area contributed by atoms with E-state index in [0.717, 1.165) is 5.69 Å². The Morgan fingerprint density at radius 1 is 0.958 bits per heavy atom. The van der Waals surface area contributed by atoms with Gasteiger partial charge in [0.25, 0.3) is 0 Å². The molecule has 1 heterocycles. The van der Waals surface area contributed by atoms with Gasteiger partial charge in [-0.2, -0.15) is 10.1 Å². The number of aromatic nitrogens is 3. The van der Waals surface area contributed by atoms with Crippen LogP contribution in [0.25, 0.3) is 0 Å². The zero-order chi connectivity index (χ0) is 16.9. The number of hydrogen-bond donors (Lipinski definition) is 2. The molecular formula is C19H21N5. The lowest BCUT2D eigenvalue weighted by molar-refractivity contribution is 0.946. The fourth-order valence-corrected chi connectivity index (χ4v) is 2.62. The first kappa shape index (κ1) is 15.9. The molecule has 0 amide bonds. The van der Waals surface area contributed by atoms with Gasteiger partial charge in [-0.1, -0.05) is 30.3 Å². The Hall–Kier alpha value is -2.95. The average Bonchev–Trinajstić information content (AvgIpc) is 2.53. The highest BCUT2D eigenvalue weighted by Crippen LogP contribution is 2.18. The molecule has 0 aliphatic rings. The van der Waals surface area contributed by atoms with E-state index >= 15 is 0 Å². The van der Waals surface area contributed by atoms with E-state index in [1.807, 2.05) is 12.1 Å². The summed E-state index contributed by atoms with van der Waals surface area (Å²) in [5.74, 6) is 1.18. The van der Waals surface area contributed by atoms with Gasteiger partial charge >= 0.3 is 0 Å². The van der Waals surface area contributed by atoms with Crippen molar-refractivity contribution in [1.82, 2.24) is 15.2 Å². The van der Waals surface area contributed by atoms with Gasteiger partial charge in [0.1, 0.15) is 0 Å². The van der Waals surface area contributed by atoms with E-state index in [1.165, 1.54) is 22.3 Å². The van der Waals surface area contributed by atoms with Crippen LogP contribution < -0.4 is 10.6 Å². The van der Waals surface area contributed by atoms with Crippen molar-refractivity contribution in [1.29, 1.82) is 0 Å². The number of nitrogens with zero attached hydrogens (tertiary/aromatic N) is 3. The van der Waals surface area contributed by atoms with Gasteiger partial charge in [0.15, 0.2) is 5.82 Å². The number of hydrogen-bond acceptors (Lipinski definition) is 5. The molecule has 0 atom stereocenters. The van der Waals surface area contributed by atoms with E-state index in [9.17, 15) is 0 Å². The monoisotopic (exact) mass is 319 g/mol. The predicted octanol–water partition coefficient (Wildman–Crippen LogP) is 4.15. The van der Waals surface area contributed by atoms with Crippen LogP contribution in [0.1, 0.15) is 22.3 Å². The van der Waals surface area contributed by atoms with Gasteiger partial charge in [-0.05, 0) is 55.2 Å². The summed E-state index contributed by atoms with van der Waals surface area (Å²) >= 11 is 0. The standard InChI is InChI=1S/C19H21N5/c1-13-8-14(2)10-17(9-13)22-18-12-21-24-19(23-18)20-11-16-7-5-4-6-15(16)3/h4-10,12H,11H2,1-3H3,(H2,20,22,23,24). The Balaban J connectivity index is 1.71. The molecular weight excluding hydrogens is 298 g/mol. The molecule has 0 radical (unpaired) electrons. The van der Waals surface area contributed by atoms with Crippen molar-refractivity contribution in [3.8, 4) is 0 Å². The highest BCUT2D eigenvalue weighted by Gasteiger charge is 2.03. The van der Waals surface area contributed by atoms with Crippen molar-refractivity contribution in [3.63, 3.8) is 0 Å².